The van der Waals surface area contributed by atoms with Gasteiger partial charge in [0.1, 0.15) is 0 Å². The minimum absolute atomic E-state index is 0.162. The summed E-state index contributed by atoms with van der Waals surface area (Å²) in [5, 5.41) is 1.96. The summed E-state index contributed by atoms with van der Waals surface area (Å²) in [4.78, 5) is 15.4. The molecule has 2 atom stereocenters. The molecule has 1 aromatic heterocycles. The Kier molecular flexibility index (Phi) is 3.69. The molecule has 0 N–H and O–H groups in total. The quantitative estimate of drug-likeness (QED) is 0.754. The van der Waals surface area contributed by atoms with Crippen molar-refractivity contribution < 1.29 is 4.79 Å². The van der Waals surface area contributed by atoms with Crippen LogP contribution in [0.3, 0.4) is 0 Å². The Labute approximate surface area is 131 Å². The largest absolute Gasteiger partial charge is 0.378 e. The zero-order chi connectivity index (χ0) is 14.3. The van der Waals surface area contributed by atoms with E-state index in [0.717, 1.165) is 15.8 Å². The molecule has 1 aromatic carbocycles. The molecule has 0 spiro atoms. The third kappa shape index (κ3) is 2.54. The third-order valence-corrected chi connectivity index (χ3v) is 5.66. The van der Waals surface area contributed by atoms with Crippen LogP contribution in [0.25, 0.3) is 0 Å². The lowest BCUT2D eigenvalue weighted by atomic mass is 10.1. The molecule has 2 unspecified atom stereocenters. The van der Waals surface area contributed by atoms with Gasteiger partial charge in [0.25, 0.3) is 0 Å². The zero-order valence-corrected chi connectivity index (χ0v) is 13.9. The van der Waals surface area contributed by atoms with E-state index in [1.807, 2.05) is 25.5 Å². The van der Waals surface area contributed by atoms with Crippen molar-refractivity contribution in [2.45, 2.75) is 12.3 Å². The van der Waals surface area contributed by atoms with Crippen molar-refractivity contribution in [2.24, 2.45) is 5.92 Å². The molecule has 20 heavy (non-hydrogen) atoms. The Morgan fingerprint density at radius 2 is 1.95 bits per heavy atom. The molecule has 1 aliphatic rings. The molecular formula is C16H16BrNOS. The van der Waals surface area contributed by atoms with Crippen molar-refractivity contribution in [3.8, 4) is 0 Å². The highest BCUT2D eigenvalue weighted by Gasteiger charge is 2.44. The molecule has 2 aromatic rings. The maximum atomic E-state index is 12.4. The third-order valence-electron chi connectivity index (χ3n) is 3.81. The van der Waals surface area contributed by atoms with Gasteiger partial charge in [0.15, 0.2) is 5.78 Å². The van der Waals surface area contributed by atoms with Gasteiger partial charge < -0.3 is 4.90 Å². The number of hydrogen-bond acceptors (Lipinski definition) is 3. The minimum Gasteiger partial charge on any atom is -0.378 e. The van der Waals surface area contributed by atoms with Gasteiger partial charge in [-0.05, 0) is 57.4 Å². The maximum Gasteiger partial charge on any atom is 0.177 e. The average molecular weight is 350 g/mol. The molecule has 4 heteroatoms. The number of halogens is 1. The van der Waals surface area contributed by atoms with Crippen molar-refractivity contribution in [1.82, 2.24) is 0 Å². The predicted octanol–water partition coefficient (Wildman–Crippen LogP) is 4.56. The second-order valence-electron chi connectivity index (χ2n) is 5.40. The number of ketones is 1. The molecule has 104 valence electrons. The first-order chi connectivity index (χ1) is 9.58. The van der Waals surface area contributed by atoms with Crippen LogP contribution in [0.4, 0.5) is 5.69 Å². The summed E-state index contributed by atoms with van der Waals surface area (Å²) in [5.74, 6) is 0.844. The molecule has 1 aliphatic carbocycles. The van der Waals surface area contributed by atoms with E-state index in [1.54, 1.807) is 0 Å². The summed E-state index contributed by atoms with van der Waals surface area (Å²) in [6.07, 6.45) is 0.977. The maximum absolute atomic E-state index is 12.4. The van der Waals surface area contributed by atoms with Crippen molar-refractivity contribution >= 4 is 38.7 Å². The SMILES string of the molecule is CN(C)c1ccc(C2CC2C(=O)c2sccc2Br)cc1. The Bertz CT molecular complexity index is 632. The van der Waals surface area contributed by atoms with Gasteiger partial charge in [-0.2, -0.15) is 0 Å². The van der Waals surface area contributed by atoms with E-state index in [0.29, 0.717) is 5.92 Å². The number of anilines is 1. The minimum atomic E-state index is 0.162. The van der Waals surface area contributed by atoms with Crippen LogP contribution >= 0.6 is 27.3 Å². The number of rotatable bonds is 4. The highest BCUT2D eigenvalue weighted by Crippen LogP contribution is 2.50. The Hall–Kier alpha value is -1.13. The van der Waals surface area contributed by atoms with Crippen LogP contribution in [0.1, 0.15) is 27.6 Å². The fraction of sp³-hybridized carbons (Fsp3) is 0.312. The summed E-state index contributed by atoms with van der Waals surface area (Å²) in [7, 11) is 4.07. The van der Waals surface area contributed by atoms with Gasteiger partial charge in [0.2, 0.25) is 0 Å². The fourth-order valence-corrected chi connectivity index (χ4v) is 4.08. The van der Waals surface area contributed by atoms with Gasteiger partial charge in [-0.3, -0.25) is 4.79 Å². The molecule has 0 aliphatic heterocycles. The van der Waals surface area contributed by atoms with Crippen LogP contribution in [0, 0.1) is 5.92 Å². The molecule has 1 saturated carbocycles. The van der Waals surface area contributed by atoms with Crippen LogP contribution in [0.2, 0.25) is 0 Å². The smallest absolute Gasteiger partial charge is 0.177 e. The molecule has 3 rings (SSSR count). The molecular weight excluding hydrogens is 334 g/mol. The first kappa shape index (κ1) is 13.8. The van der Waals surface area contributed by atoms with E-state index < -0.39 is 0 Å². The van der Waals surface area contributed by atoms with Gasteiger partial charge >= 0.3 is 0 Å². The zero-order valence-electron chi connectivity index (χ0n) is 11.5. The van der Waals surface area contributed by atoms with Crippen LogP contribution in [-0.2, 0) is 0 Å². The normalized spacial score (nSPS) is 20.8. The van der Waals surface area contributed by atoms with E-state index in [2.05, 4.69) is 45.1 Å². The lowest BCUT2D eigenvalue weighted by molar-refractivity contribution is 0.0968. The van der Waals surface area contributed by atoms with Gasteiger partial charge in [0.05, 0.1) is 4.88 Å². The summed E-state index contributed by atoms with van der Waals surface area (Å²) in [5.41, 5.74) is 2.47. The average Bonchev–Trinajstić information content (AvgIpc) is 3.13. The Morgan fingerprint density at radius 3 is 2.50 bits per heavy atom. The van der Waals surface area contributed by atoms with Crippen molar-refractivity contribution in [1.29, 1.82) is 0 Å². The van der Waals surface area contributed by atoms with Gasteiger partial charge in [-0.15, -0.1) is 11.3 Å². The van der Waals surface area contributed by atoms with E-state index in [4.69, 9.17) is 0 Å². The highest BCUT2D eigenvalue weighted by molar-refractivity contribution is 9.10. The Morgan fingerprint density at radius 1 is 1.25 bits per heavy atom. The monoisotopic (exact) mass is 349 g/mol. The molecule has 0 bridgehead atoms. The summed E-state index contributed by atoms with van der Waals surface area (Å²) >= 11 is 4.98. The van der Waals surface area contributed by atoms with E-state index in [9.17, 15) is 4.79 Å². The summed E-state index contributed by atoms with van der Waals surface area (Å²) in [6, 6.07) is 10.5. The van der Waals surface area contributed by atoms with E-state index >= 15 is 0 Å². The first-order valence-corrected chi connectivity index (χ1v) is 8.29. The Balaban J connectivity index is 1.73. The molecule has 1 fully saturated rings. The first-order valence-electron chi connectivity index (χ1n) is 6.62. The number of hydrogen-bond donors (Lipinski definition) is 0. The van der Waals surface area contributed by atoms with Crippen molar-refractivity contribution in [3.63, 3.8) is 0 Å². The van der Waals surface area contributed by atoms with Crippen LogP contribution in [0.5, 0.6) is 0 Å². The standard InChI is InChI=1S/C16H16BrNOS/c1-18(2)11-5-3-10(4-6-11)12-9-13(12)15(19)16-14(17)7-8-20-16/h3-8,12-13H,9H2,1-2H3. The van der Waals surface area contributed by atoms with Crippen LogP contribution < -0.4 is 4.90 Å². The number of nitrogens with zero attached hydrogens (tertiary/aromatic N) is 1. The van der Waals surface area contributed by atoms with Gasteiger partial charge in [-0.1, -0.05) is 12.1 Å². The fourth-order valence-electron chi connectivity index (χ4n) is 2.51. The molecule has 0 radical (unpaired) electrons. The number of carbonyl (C=O) groups is 1. The molecule has 1 heterocycles. The number of thiophene rings is 1. The van der Waals surface area contributed by atoms with E-state index in [1.165, 1.54) is 22.6 Å². The second-order valence-corrected chi connectivity index (χ2v) is 7.17. The van der Waals surface area contributed by atoms with Crippen molar-refractivity contribution in [3.05, 3.63) is 50.6 Å². The number of carbonyl (C=O) groups excluding carboxylic acids is 1. The second kappa shape index (κ2) is 5.34. The summed E-state index contributed by atoms with van der Waals surface area (Å²) < 4.78 is 0.932. The number of Topliss-reactive ketones (excluding diaryl/α,β-unsaturated/α-hetero) is 1. The molecule has 2 nitrogen and oxygen atoms in total. The molecule has 0 saturated heterocycles. The van der Waals surface area contributed by atoms with E-state index in [-0.39, 0.29) is 11.7 Å². The highest BCUT2D eigenvalue weighted by atomic mass is 79.9. The lowest BCUT2D eigenvalue weighted by Gasteiger charge is -2.12. The van der Waals surface area contributed by atoms with Gasteiger partial charge in [-0.25, -0.2) is 0 Å². The number of benzene rings is 1. The van der Waals surface area contributed by atoms with Crippen LogP contribution in [-0.4, -0.2) is 19.9 Å². The van der Waals surface area contributed by atoms with Crippen LogP contribution in [0.15, 0.2) is 40.2 Å². The molecule has 0 amide bonds. The van der Waals surface area contributed by atoms with Gasteiger partial charge in [0, 0.05) is 30.2 Å². The summed E-state index contributed by atoms with van der Waals surface area (Å²) in [6.45, 7) is 0. The lowest BCUT2D eigenvalue weighted by Crippen LogP contribution is -2.08. The predicted molar refractivity (Wildman–Crippen MR) is 88.0 cm³/mol. The topological polar surface area (TPSA) is 20.3 Å². The van der Waals surface area contributed by atoms with Crippen molar-refractivity contribution in [2.75, 3.05) is 19.0 Å².